The molecular formula is C18H23N5O. The first-order valence-electron chi connectivity index (χ1n) is 8.12. The smallest absolute Gasteiger partial charge is 0.272 e. The van der Waals surface area contributed by atoms with Crippen LogP contribution in [-0.2, 0) is 13.0 Å². The lowest BCUT2D eigenvalue weighted by Gasteiger charge is -2.24. The van der Waals surface area contributed by atoms with Gasteiger partial charge in [0.1, 0.15) is 0 Å². The van der Waals surface area contributed by atoms with E-state index in [-0.39, 0.29) is 5.56 Å². The summed E-state index contributed by atoms with van der Waals surface area (Å²) < 4.78 is 1.47. The number of nitrogens with one attached hydrogen (secondary N) is 1. The molecule has 3 rings (SSSR count). The van der Waals surface area contributed by atoms with Gasteiger partial charge >= 0.3 is 0 Å². The van der Waals surface area contributed by atoms with E-state index in [9.17, 15) is 4.79 Å². The van der Waals surface area contributed by atoms with Gasteiger partial charge in [0, 0.05) is 48.7 Å². The van der Waals surface area contributed by atoms with Gasteiger partial charge in [0.15, 0.2) is 5.65 Å². The molecule has 126 valence electrons. The average Bonchev–Trinajstić information content (AvgIpc) is 2.88. The van der Waals surface area contributed by atoms with Crippen LogP contribution in [0.1, 0.15) is 29.6 Å². The van der Waals surface area contributed by atoms with Crippen molar-refractivity contribution in [3.05, 3.63) is 63.5 Å². The van der Waals surface area contributed by atoms with Crippen molar-refractivity contribution < 1.29 is 0 Å². The Balaban J connectivity index is 1.74. The molecule has 0 saturated carbocycles. The number of aromatic amines is 1. The normalized spacial score (nSPS) is 12.9. The Hall–Kier alpha value is -2.47. The van der Waals surface area contributed by atoms with E-state index in [4.69, 9.17) is 0 Å². The lowest BCUT2D eigenvalue weighted by molar-refractivity contribution is 0.244. The largest absolute Gasteiger partial charge is 0.297 e. The Kier molecular flexibility index (Phi) is 4.49. The molecule has 3 aromatic heterocycles. The van der Waals surface area contributed by atoms with Gasteiger partial charge in [-0.15, -0.1) is 0 Å². The summed E-state index contributed by atoms with van der Waals surface area (Å²) in [4.78, 5) is 23.4. The van der Waals surface area contributed by atoms with E-state index in [1.807, 2.05) is 32.3 Å². The predicted molar refractivity (Wildman–Crippen MR) is 94.2 cm³/mol. The summed E-state index contributed by atoms with van der Waals surface area (Å²) in [5.74, 6) is 0. The van der Waals surface area contributed by atoms with E-state index in [1.54, 1.807) is 6.07 Å². The summed E-state index contributed by atoms with van der Waals surface area (Å²) in [6.07, 6.45) is 2.71. The van der Waals surface area contributed by atoms with E-state index in [0.717, 1.165) is 23.5 Å². The van der Waals surface area contributed by atoms with Gasteiger partial charge in [-0.3, -0.25) is 19.8 Å². The number of pyridine rings is 1. The quantitative estimate of drug-likeness (QED) is 0.780. The van der Waals surface area contributed by atoms with Crippen LogP contribution in [0, 0.1) is 13.8 Å². The van der Waals surface area contributed by atoms with Gasteiger partial charge in [-0.2, -0.15) is 0 Å². The van der Waals surface area contributed by atoms with Crippen LogP contribution in [0.15, 0.2) is 35.3 Å². The number of fused-ring (bicyclic) bond motifs is 1. The summed E-state index contributed by atoms with van der Waals surface area (Å²) in [5.41, 5.74) is 4.59. The molecule has 3 heterocycles. The second-order valence-corrected chi connectivity index (χ2v) is 6.51. The number of nitrogens with zero attached hydrogens (tertiary/aromatic N) is 4. The highest BCUT2D eigenvalue weighted by Crippen LogP contribution is 2.10. The predicted octanol–water partition coefficient (Wildman–Crippen LogP) is 2.10. The maximum absolute atomic E-state index is 12.2. The van der Waals surface area contributed by atoms with Crippen molar-refractivity contribution in [1.82, 2.24) is 24.5 Å². The zero-order valence-electron chi connectivity index (χ0n) is 14.6. The molecule has 0 aliphatic carbocycles. The summed E-state index contributed by atoms with van der Waals surface area (Å²) >= 11 is 0. The molecule has 0 aliphatic rings. The van der Waals surface area contributed by atoms with Crippen molar-refractivity contribution >= 4 is 5.65 Å². The maximum atomic E-state index is 12.2. The summed E-state index contributed by atoms with van der Waals surface area (Å²) in [7, 11) is 2.05. The van der Waals surface area contributed by atoms with Crippen molar-refractivity contribution in [3.8, 4) is 0 Å². The highest BCUT2D eigenvalue weighted by Gasteiger charge is 2.13. The lowest BCUT2D eigenvalue weighted by Crippen LogP contribution is -2.31. The zero-order chi connectivity index (χ0) is 17.3. The third-order valence-electron chi connectivity index (χ3n) is 4.27. The fourth-order valence-electron chi connectivity index (χ4n) is 2.82. The van der Waals surface area contributed by atoms with Gasteiger partial charge in [-0.25, -0.2) is 9.50 Å². The molecule has 0 saturated heterocycles. The molecule has 6 heteroatoms. The number of aryl methyl sites for hydroxylation is 2. The summed E-state index contributed by atoms with van der Waals surface area (Å²) in [5, 5.41) is 2.99. The van der Waals surface area contributed by atoms with Crippen LogP contribution in [0.5, 0.6) is 0 Å². The molecule has 0 radical (unpaired) electrons. The third kappa shape index (κ3) is 3.54. The molecule has 0 aromatic carbocycles. The van der Waals surface area contributed by atoms with Crippen molar-refractivity contribution in [2.45, 2.75) is 39.8 Å². The standard InChI is InChI=1S/C18H23N5O/c1-12-5-6-19-15(7-12)9-14(3)22(4)11-16-10-18(24)23-17(20-16)8-13(2)21-23/h5-8,10,14,21H,9,11H2,1-4H3/t14-/m1/s1. The van der Waals surface area contributed by atoms with Gasteiger partial charge in [0.2, 0.25) is 0 Å². The van der Waals surface area contributed by atoms with Crippen LogP contribution in [0.3, 0.4) is 0 Å². The van der Waals surface area contributed by atoms with Gasteiger partial charge in [0.05, 0.1) is 5.69 Å². The van der Waals surface area contributed by atoms with Crippen molar-refractivity contribution in [3.63, 3.8) is 0 Å². The zero-order valence-corrected chi connectivity index (χ0v) is 14.6. The summed E-state index contributed by atoms with van der Waals surface area (Å²) in [6.45, 7) is 6.78. The number of rotatable bonds is 5. The van der Waals surface area contributed by atoms with Gasteiger partial charge < -0.3 is 0 Å². The number of aromatic nitrogens is 4. The molecular weight excluding hydrogens is 302 g/mol. The molecule has 24 heavy (non-hydrogen) atoms. The van der Waals surface area contributed by atoms with Gasteiger partial charge in [-0.05, 0) is 45.5 Å². The fourth-order valence-corrected chi connectivity index (χ4v) is 2.82. The minimum Gasteiger partial charge on any atom is -0.297 e. The molecule has 0 fully saturated rings. The number of likely N-dealkylation sites (N-methyl/N-ethyl adjacent to an activating group) is 1. The number of H-pyrrole nitrogens is 1. The first kappa shape index (κ1) is 16.4. The lowest BCUT2D eigenvalue weighted by atomic mass is 10.1. The Morgan fingerprint density at radius 1 is 1.25 bits per heavy atom. The van der Waals surface area contributed by atoms with E-state index >= 15 is 0 Å². The molecule has 0 unspecified atom stereocenters. The van der Waals surface area contributed by atoms with Gasteiger partial charge in [0.25, 0.3) is 5.56 Å². The highest BCUT2D eigenvalue weighted by molar-refractivity contribution is 5.39. The van der Waals surface area contributed by atoms with Gasteiger partial charge in [-0.1, -0.05) is 0 Å². The van der Waals surface area contributed by atoms with Crippen LogP contribution in [0.2, 0.25) is 0 Å². The summed E-state index contributed by atoms with van der Waals surface area (Å²) in [6, 6.07) is 7.89. The van der Waals surface area contributed by atoms with Crippen molar-refractivity contribution in [2.75, 3.05) is 7.05 Å². The van der Waals surface area contributed by atoms with Crippen LogP contribution in [0.25, 0.3) is 5.65 Å². The molecule has 3 aromatic rings. The van der Waals surface area contributed by atoms with E-state index in [1.165, 1.54) is 10.1 Å². The van der Waals surface area contributed by atoms with E-state index in [2.05, 4.69) is 39.9 Å². The van der Waals surface area contributed by atoms with Crippen LogP contribution in [-0.4, -0.2) is 37.6 Å². The SMILES string of the molecule is Cc1ccnc(C[C@@H](C)N(C)Cc2cc(=O)n3[nH]c(C)cc3n2)c1. The second-order valence-electron chi connectivity index (χ2n) is 6.51. The van der Waals surface area contributed by atoms with Crippen molar-refractivity contribution in [1.29, 1.82) is 0 Å². The van der Waals surface area contributed by atoms with E-state index < -0.39 is 0 Å². The first-order chi connectivity index (χ1) is 11.4. The fraction of sp³-hybridized carbons (Fsp3) is 0.389. The topological polar surface area (TPSA) is 66.3 Å². The molecule has 0 amide bonds. The number of hydrogen-bond donors (Lipinski definition) is 1. The molecule has 1 atom stereocenters. The molecule has 0 bridgehead atoms. The second kappa shape index (κ2) is 6.57. The molecule has 6 nitrogen and oxygen atoms in total. The Morgan fingerprint density at radius 2 is 2.04 bits per heavy atom. The van der Waals surface area contributed by atoms with Crippen LogP contribution >= 0.6 is 0 Å². The van der Waals surface area contributed by atoms with Crippen molar-refractivity contribution in [2.24, 2.45) is 0 Å². The van der Waals surface area contributed by atoms with Crippen LogP contribution in [0.4, 0.5) is 0 Å². The Bertz CT molecular complexity index is 911. The average molecular weight is 325 g/mol. The third-order valence-corrected chi connectivity index (χ3v) is 4.27. The minimum atomic E-state index is -0.0792. The number of hydrogen-bond acceptors (Lipinski definition) is 4. The Labute approximate surface area is 141 Å². The highest BCUT2D eigenvalue weighted by atomic mass is 16.1. The Morgan fingerprint density at radius 3 is 2.79 bits per heavy atom. The van der Waals surface area contributed by atoms with Crippen LogP contribution < -0.4 is 5.56 Å². The molecule has 0 spiro atoms. The minimum absolute atomic E-state index is 0.0792. The monoisotopic (exact) mass is 325 g/mol. The molecule has 0 aliphatic heterocycles. The first-order valence-corrected chi connectivity index (χ1v) is 8.12. The molecule has 1 N–H and O–H groups in total. The maximum Gasteiger partial charge on any atom is 0.272 e. The van der Waals surface area contributed by atoms with E-state index in [0.29, 0.717) is 18.2 Å².